The summed E-state index contributed by atoms with van der Waals surface area (Å²) in [6.07, 6.45) is 2.21. The van der Waals surface area contributed by atoms with Crippen molar-refractivity contribution in [3.63, 3.8) is 0 Å². The second-order valence-electron chi connectivity index (χ2n) is 5.11. The van der Waals surface area contributed by atoms with Gasteiger partial charge in [-0.25, -0.2) is 4.79 Å². The summed E-state index contributed by atoms with van der Waals surface area (Å²) in [5.41, 5.74) is 0.844. The van der Waals surface area contributed by atoms with Crippen molar-refractivity contribution in [2.24, 2.45) is 7.05 Å². The van der Waals surface area contributed by atoms with E-state index in [0.717, 1.165) is 32.5 Å². The van der Waals surface area contributed by atoms with Crippen molar-refractivity contribution in [1.82, 2.24) is 14.7 Å². The van der Waals surface area contributed by atoms with Crippen LogP contribution in [0.4, 0.5) is 5.82 Å². The molecule has 19 heavy (non-hydrogen) atoms. The number of aryl methyl sites for hydroxylation is 2. The standard InChI is InChI=1S/C13H22N4O2/c1-4-17-7-5-6-10(8-17)14-12-11(13(18)19)9(2)15-16(12)3/h10,14H,4-8H2,1-3H3,(H,18,19). The number of hydrogen-bond acceptors (Lipinski definition) is 4. The minimum Gasteiger partial charge on any atom is -0.477 e. The number of anilines is 1. The van der Waals surface area contributed by atoms with Gasteiger partial charge in [0, 0.05) is 19.6 Å². The number of carboxylic acid groups (broad SMARTS) is 1. The summed E-state index contributed by atoms with van der Waals surface area (Å²) in [5, 5.41) is 16.8. The van der Waals surface area contributed by atoms with Crippen molar-refractivity contribution in [2.75, 3.05) is 25.0 Å². The quantitative estimate of drug-likeness (QED) is 0.860. The van der Waals surface area contributed by atoms with Crippen molar-refractivity contribution in [2.45, 2.75) is 32.7 Å². The van der Waals surface area contributed by atoms with Gasteiger partial charge in [-0.1, -0.05) is 6.92 Å². The molecule has 1 aliphatic heterocycles. The van der Waals surface area contributed by atoms with Crippen LogP contribution in [0.5, 0.6) is 0 Å². The van der Waals surface area contributed by atoms with Gasteiger partial charge in [-0.2, -0.15) is 5.10 Å². The highest BCUT2D eigenvalue weighted by atomic mass is 16.4. The lowest BCUT2D eigenvalue weighted by Crippen LogP contribution is -2.42. The van der Waals surface area contributed by atoms with E-state index < -0.39 is 5.97 Å². The molecule has 1 atom stereocenters. The summed E-state index contributed by atoms with van der Waals surface area (Å²) in [5.74, 6) is -0.302. The Kier molecular flexibility index (Phi) is 4.09. The van der Waals surface area contributed by atoms with Gasteiger partial charge in [-0.05, 0) is 32.9 Å². The molecule has 1 aromatic heterocycles. The first kappa shape index (κ1) is 13.9. The van der Waals surface area contributed by atoms with Crippen LogP contribution in [0.3, 0.4) is 0 Å². The molecule has 0 radical (unpaired) electrons. The van der Waals surface area contributed by atoms with Gasteiger partial charge in [0.1, 0.15) is 11.4 Å². The summed E-state index contributed by atoms with van der Waals surface area (Å²) >= 11 is 0. The van der Waals surface area contributed by atoms with Crippen LogP contribution in [0.15, 0.2) is 0 Å². The number of nitrogens with zero attached hydrogens (tertiary/aromatic N) is 3. The predicted octanol–water partition coefficient (Wildman–Crippen LogP) is 1.32. The molecule has 1 aromatic rings. The normalized spacial score (nSPS) is 20.5. The molecule has 1 saturated heterocycles. The Hall–Kier alpha value is -1.56. The minimum absolute atomic E-state index is 0.288. The van der Waals surface area contributed by atoms with Gasteiger partial charge in [-0.3, -0.25) is 4.68 Å². The van der Waals surface area contributed by atoms with Gasteiger partial charge in [0.25, 0.3) is 0 Å². The summed E-state index contributed by atoms with van der Waals surface area (Å²) in [4.78, 5) is 13.7. The SMILES string of the molecule is CCN1CCCC(Nc2c(C(=O)O)c(C)nn2C)C1. The maximum Gasteiger partial charge on any atom is 0.341 e. The second-order valence-corrected chi connectivity index (χ2v) is 5.11. The van der Waals surface area contributed by atoms with Gasteiger partial charge >= 0.3 is 5.97 Å². The molecular formula is C13H22N4O2. The number of carbonyl (C=O) groups is 1. The molecule has 1 aliphatic rings. The Morgan fingerprint density at radius 2 is 2.32 bits per heavy atom. The maximum absolute atomic E-state index is 11.3. The third-order valence-corrected chi connectivity index (χ3v) is 3.73. The molecule has 1 unspecified atom stereocenters. The molecule has 2 heterocycles. The number of carboxylic acids is 1. The molecule has 6 heteroatoms. The van der Waals surface area contributed by atoms with Crippen LogP contribution in [0.25, 0.3) is 0 Å². The molecule has 2 rings (SSSR count). The molecule has 0 aromatic carbocycles. The molecule has 0 saturated carbocycles. The third kappa shape index (κ3) is 2.89. The number of aromatic nitrogens is 2. The molecule has 106 valence electrons. The number of likely N-dealkylation sites (tertiary alicyclic amines) is 1. The first-order valence-corrected chi connectivity index (χ1v) is 6.78. The fourth-order valence-corrected chi connectivity index (χ4v) is 2.73. The maximum atomic E-state index is 11.3. The number of aromatic carboxylic acids is 1. The van der Waals surface area contributed by atoms with Gasteiger partial charge in [0.2, 0.25) is 0 Å². The summed E-state index contributed by atoms with van der Waals surface area (Å²) in [6.45, 7) is 7.01. The van der Waals surface area contributed by atoms with E-state index in [-0.39, 0.29) is 5.56 Å². The van der Waals surface area contributed by atoms with Crippen LogP contribution in [0, 0.1) is 6.92 Å². The highest BCUT2D eigenvalue weighted by Gasteiger charge is 2.24. The first-order chi connectivity index (χ1) is 9.02. The second kappa shape index (κ2) is 5.61. The molecule has 0 aliphatic carbocycles. The van der Waals surface area contributed by atoms with Crippen LogP contribution < -0.4 is 5.32 Å². The zero-order valence-electron chi connectivity index (χ0n) is 11.8. The smallest absolute Gasteiger partial charge is 0.341 e. The molecule has 6 nitrogen and oxygen atoms in total. The minimum atomic E-state index is -0.920. The zero-order valence-corrected chi connectivity index (χ0v) is 11.8. The van der Waals surface area contributed by atoms with Crippen molar-refractivity contribution >= 4 is 11.8 Å². The van der Waals surface area contributed by atoms with Crippen molar-refractivity contribution in [3.05, 3.63) is 11.3 Å². The molecular weight excluding hydrogens is 244 g/mol. The van der Waals surface area contributed by atoms with Crippen LogP contribution in [-0.2, 0) is 7.05 Å². The number of piperidine rings is 1. The highest BCUT2D eigenvalue weighted by Crippen LogP contribution is 2.22. The third-order valence-electron chi connectivity index (χ3n) is 3.73. The largest absolute Gasteiger partial charge is 0.477 e. The van der Waals surface area contributed by atoms with Crippen molar-refractivity contribution < 1.29 is 9.90 Å². The van der Waals surface area contributed by atoms with E-state index in [0.29, 0.717) is 17.6 Å². The monoisotopic (exact) mass is 266 g/mol. The number of rotatable bonds is 4. The fourth-order valence-electron chi connectivity index (χ4n) is 2.73. The van der Waals surface area contributed by atoms with E-state index in [1.807, 2.05) is 0 Å². The van der Waals surface area contributed by atoms with Crippen molar-refractivity contribution in [1.29, 1.82) is 0 Å². The molecule has 0 bridgehead atoms. The lowest BCUT2D eigenvalue weighted by Gasteiger charge is -2.32. The Balaban J connectivity index is 2.16. The number of nitrogens with one attached hydrogen (secondary N) is 1. The Bertz CT molecular complexity index is 469. The van der Waals surface area contributed by atoms with Gasteiger partial charge in [-0.15, -0.1) is 0 Å². The number of likely N-dealkylation sites (N-methyl/N-ethyl adjacent to an activating group) is 1. The topological polar surface area (TPSA) is 70.4 Å². The molecule has 0 amide bonds. The first-order valence-electron chi connectivity index (χ1n) is 6.78. The zero-order chi connectivity index (χ0) is 14.0. The van der Waals surface area contributed by atoms with Gasteiger partial charge in [0.05, 0.1) is 5.69 Å². The Morgan fingerprint density at radius 1 is 1.58 bits per heavy atom. The summed E-state index contributed by atoms with van der Waals surface area (Å²) < 4.78 is 1.63. The van der Waals surface area contributed by atoms with E-state index in [2.05, 4.69) is 22.2 Å². The van der Waals surface area contributed by atoms with E-state index in [4.69, 9.17) is 0 Å². The average molecular weight is 266 g/mol. The van der Waals surface area contributed by atoms with E-state index in [9.17, 15) is 9.90 Å². The number of hydrogen-bond donors (Lipinski definition) is 2. The van der Waals surface area contributed by atoms with Crippen LogP contribution >= 0.6 is 0 Å². The van der Waals surface area contributed by atoms with Crippen LogP contribution in [-0.4, -0.2) is 51.4 Å². The predicted molar refractivity (Wildman–Crippen MR) is 73.7 cm³/mol. The molecule has 0 spiro atoms. The lowest BCUT2D eigenvalue weighted by atomic mass is 10.1. The lowest BCUT2D eigenvalue weighted by molar-refractivity contribution is 0.0697. The van der Waals surface area contributed by atoms with E-state index in [1.165, 1.54) is 0 Å². The van der Waals surface area contributed by atoms with Crippen LogP contribution in [0.2, 0.25) is 0 Å². The highest BCUT2D eigenvalue weighted by molar-refractivity contribution is 5.94. The van der Waals surface area contributed by atoms with Gasteiger partial charge < -0.3 is 15.3 Å². The average Bonchev–Trinajstić information content (AvgIpc) is 2.64. The van der Waals surface area contributed by atoms with E-state index >= 15 is 0 Å². The molecule has 2 N–H and O–H groups in total. The van der Waals surface area contributed by atoms with Crippen molar-refractivity contribution in [3.8, 4) is 0 Å². The van der Waals surface area contributed by atoms with Crippen LogP contribution in [0.1, 0.15) is 35.8 Å². The van der Waals surface area contributed by atoms with E-state index in [1.54, 1.807) is 18.7 Å². The summed E-state index contributed by atoms with van der Waals surface area (Å²) in [7, 11) is 1.78. The fraction of sp³-hybridized carbons (Fsp3) is 0.692. The molecule has 1 fully saturated rings. The summed E-state index contributed by atoms with van der Waals surface area (Å²) in [6, 6.07) is 0.293. The Morgan fingerprint density at radius 3 is 2.95 bits per heavy atom. The van der Waals surface area contributed by atoms with Gasteiger partial charge in [0.15, 0.2) is 0 Å². The Labute approximate surface area is 113 Å².